The van der Waals surface area contributed by atoms with Crippen LogP contribution in [0.5, 0.6) is 0 Å². The fourth-order valence-corrected chi connectivity index (χ4v) is 3.53. The van der Waals surface area contributed by atoms with Gasteiger partial charge >= 0.3 is 5.97 Å². The van der Waals surface area contributed by atoms with Gasteiger partial charge in [-0.05, 0) is 44.2 Å². The number of esters is 1. The van der Waals surface area contributed by atoms with Crippen molar-refractivity contribution in [1.82, 2.24) is 4.90 Å². The van der Waals surface area contributed by atoms with E-state index in [1.165, 1.54) is 7.11 Å². The number of unbranched alkanes of at least 4 members (excludes halogenated alkanes) is 1. The lowest BCUT2D eigenvalue weighted by Gasteiger charge is -2.30. The zero-order valence-corrected chi connectivity index (χ0v) is 16.5. The SMILES string of the molecule is CCCCN(C)C(=O)C1CCC(C(=O)Nc2ccccc2C(=O)OC)CC1. The Labute approximate surface area is 161 Å². The van der Waals surface area contributed by atoms with Crippen LogP contribution in [0.4, 0.5) is 5.69 Å². The van der Waals surface area contributed by atoms with Gasteiger partial charge in [0.1, 0.15) is 0 Å². The van der Waals surface area contributed by atoms with Gasteiger partial charge in [-0.15, -0.1) is 0 Å². The van der Waals surface area contributed by atoms with Crippen molar-refractivity contribution in [2.24, 2.45) is 11.8 Å². The van der Waals surface area contributed by atoms with E-state index in [9.17, 15) is 14.4 Å². The topological polar surface area (TPSA) is 75.7 Å². The van der Waals surface area contributed by atoms with Crippen LogP contribution in [0.1, 0.15) is 55.8 Å². The largest absolute Gasteiger partial charge is 0.465 e. The molecule has 0 atom stereocenters. The highest BCUT2D eigenvalue weighted by molar-refractivity contribution is 6.01. The van der Waals surface area contributed by atoms with Crippen LogP contribution in [0, 0.1) is 11.8 Å². The Morgan fingerprint density at radius 1 is 1.11 bits per heavy atom. The molecule has 0 aliphatic heterocycles. The van der Waals surface area contributed by atoms with Crippen molar-refractivity contribution in [2.75, 3.05) is 26.0 Å². The van der Waals surface area contributed by atoms with Crippen molar-refractivity contribution in [3.05, 3.63) is 29.8 Å². The summed E-state index contributed by atoms with van der Waals surface area (Å²) in [5, 5.41) is 2.86. The molecule has 1 aromatic rings. The van der Waals surface area contributed by atoms with Gasteiger partial charge in [0.15, 0.2) is 0 Å². The number of benzene rings is 1. The molecule has 148 valence electrons. The van der Waals surface area contributed by atoms with Crippen molar-refractivity contribution in [3.8, 4) is 0 Å². The number of hydrogen-bond donors (Lipinski definition) is 1. The van der Waals surface area contributed by atoms with E-state index >= 15 is 0 Å². The third-order valence-corrected chi connectivity index (χ3v) is 5.26. The van der Waals surface area contributed by atoms with Crippen molar-refractivity contribution < 1.29 is 19.1 Å². The van der Waals surface area contributed by atoms with E-state index in [1.807, 2.05) is 11.9 Å². The minimum Gasteiger partial charge on any atom is -0.465 e. The highest BCUT2D eigenvalue weighted by Crippen LogP contribution is 2.31. The summed E-state index contributed by atoms with van der Waals surface area (Å²) in [5.41, 5.74) is 0.807. The first kappa shape index (κ1) is 20.9. The molecule has 1 aliphatic rings. The molecule has 27 heavy (non-hydrogen) atoms. The summed E-state index contributed by atoms with van der Waals surface area (Å²) in [7, 11) is 3.18. The average molecular weight is 374 g/mol. The van der Waals surface area contributed by atoms with Crippen molar-refractivity contribution >= 4 is 23.5 Å². The smallest absolute Gasteiger partial charge is 0.339 e. The Hall–Kier alpha value is -2.37. The second-order valence-corrected chi connectivity index (χ2v) is 7.19. The van der Waals surface area contributed by atoms with Crippen LogP contribution >= 0.6 is 0 Å². The second-order valence-electron chi connectivity index (χ2n) is 7.19. The summed E-state index contributed by atoms with van der Waals surface area (Å²) < 4.78 is 4.76. The summed E-state index contributed by atoms with van der Waals surface area (Å²) in [6.45, 7) is 2.90. The van der Waals surface area contributed by atoms with Crippen LogP contribution in [0.3, 0.4) is 0 Å². The number of nitrogens with one attached hydrogen (secondary N) is 1. The van der Waals surface area contributed by atoms with E-state index in [4.69, 9.17) is 4.74 Å². The minimum absolute atomic E-state index is 0.0123. The van der Waals surface area contributed by atoms with Gasteiger partial charge in [0, 0.05) is 25.4 Å². The van der Waals surface area contributed by atoms with Gasteiger partial charge in [0.25, 0.3) is 0 Å². The minimum atomic E-state index is -0.477. The van der Waals surface area contributed by atoms with E-state index in [0.29, 0.717) is 24.1 Å². The van der Waals surface area contributed by atoms with E-state index in [0.717, 1.165) is 32.2 Å². The van der Waals surface area contributed by atoms with Crippen LogP contribution in [0.15, 0.2) is 24.3 Å². The number of nitrogens with zero attached hydrogens (tertiary/aromatic N) is 1. The monoisotopic (exact) mass is 374 g/mol. The molecule has 0 unspecified atom stereocenters. The molecule has 0 aromatic heterocycles. The molecule has 1 fully saturated rings. The number of anilines is 1. The molecule has 0 heterocycles. The molecule has 0 saturated heterocycles. The Morgan fingerprint density at radius 2 is 1.74 bits per heavy atom. The van der Waals surface area contributed by atoms with Crippen LogP contribution in [-0.4, -0.2) is 43.4 Å². The van der Waals surface area contributed by atoms with Gasteiger partial charge in [-0.25, -0.2) is 4.79 Å². The third kappa shape index (κ3) is 5.55. The van der Waals surface area contributed by atoms with Gasteiger partial charge in [0.05, 0.1) is 18.4 Å². The zero-order valence-electron chi connectivity index (χ0n) is 16.5. The van der Waals surface area contributed by atoms with Gasteiger partial charge in [0.2, 0.25) is 11.8 Å². The van der Waals surface area contributed by atoms with Crippen LogP contribution < -0.4 is 5.32 Å². The average Bonchev–Trinajstić information content (AvgIpc) is 2.71. The number of rotatable bonds is 7. The number of hydrogen-bond acceptors (Lipinski definition) is 4. The Morgan fingerprint density at radius 3 is 2.37 bits per heavy atom. The first-order valence-corrected chi connectivity index (χ1v) is 9.71. The summed E-state index contributed by atoms with van der Waals surface area (Å²) in [6.07, 6.45) is 4.91. The van der Waals surface area contributed by atoms with E-state index in [1.54, 1.807) is 24.3 Å². The van der Waals surface area contributed by atoms with E-state index in [-0.39, 0.29) is 23.7 Å². The predicted molar refractivity (Wildman–Crippen MR) is 104 cm³/mol. The van der Waals surface area contributed by atoms with E-state index < -0.39 is 5.97 Å². The normalized spacial score (nSPS) is 19.2. The number of carbonyl (C=O) groups is 3. The molecular formula is C21H30N2O4. The third-order valence-electron chi connectivity index (χ3n) is 5.26. The van der Waals surface area contributed by atoms with Gasteiger partial charge in [-0.3, -0.25) is 9.59 Å². The molecule has 1 aliphatic carbocycles. The Kier molecular flexibility index (Phi) is 7.82. The molecule has 2 rings (SSSR count). The molecule has 1 N–H and O–H groups in total. The molecule has 0 bridgehead atoms. The summed E-state index contributed by atoms with van der Waals surface area (Å²) in [4.78, 5) is 38.8. The molecule has 0 radical (unpaired) electrons. The highest BCUT2D eigenvalue weighted by Gasteiger charge is 2.31. The lowest BCUT2D eigenvalue weighted by atomic mass is 9.81. The molecule has 1 saturated carbocycles. The van der Waals surface area contributed by atoms with Crippen LogP contribution in [0.2, 0.25) is 0 Å². The molecule has 6 heteroatoms. The Balaban J connectivity index is 1.90. The number of methoxy groups -OCH3 is 1. The first-order chi connectivity index (χ1) is 13.0. The maximum Gasteiger partial charge on any atom is 0.339 e. The second kappa shape index (κ2) is 10.1. The van der Waals surface area contributed by atoms with Gasteiger partial charge < -0.3 is 15.0 Å². The number of carbonyl (C=O) groups excluding carboxylic acids is 3. The van der Waals surface area contributed by atoms with Crippen molar-refractivity contribution in [3.63, 3.8) is 0 Å². The molecular weight excluding hydrogens is 344 g/mol. The first-order valence-electron chi connectivity index (χ1n) is 9.71. The quantitative estimate of drug-likeness (QED) is 0.742. The van der Waals surface area contributed by atoms with Gasteiger partial charge in [-0.1, -0.05) is 25.5 Å². The standard InChI is InChI=1S/C21H30N2O4/c1-4-5-14-23(2)20(25)16-12-10-15(11-13-16)19(24)22-18-9-7-6-8-17(18)21(26)27-3/h6-9,15-16H,4-5,10-14H2,1-3H3,(H,22,24). The Bertz CT molecular complexity index is 666. The maximum absolute atomic E-state index is 12.6. The number of para-hydroxylation sites is 1. The lowest BCUT2D eigenvalue weighted by Crippen LogP contribution is -2.37. The summed E-state index contributed by atoms with van der Waals surface area (Å²) >= 11 is 0. The number of ether oxygens (including phenoxy) is 1. The highest BCUT2D eigenvalue weighted by atomic mass is 16.5. The van der Waals surface area contributed by atoms with Gasteiger partial charge in [-0.2, -0.15) is 0 Å². The fraction of sp³-hybridized carbons (Fsp3) is 0.571. The number of amides is 2. The molecule has 1 aromatic carbocycles. The maximum atomic E-state index is 12.6. The van der Waals surface area contributed by atoms with Crippen LogP contribution in [-0.2, 0) is 14.3 Å². The molecule has 2 amide bonds. The molecule has 6 nitrogen and oxygen atoms in total. The molecule has 0 spiro atoms. The van der Waals surface area contributed by atoms with Crippen LogP contribution in [0.25, 0.3) is 0 Å². The lowest BCUT2D eigenvalue weighted by molar-refractivity contribution is -0.136. The van der Waals surface area contributed by atoms with Crippen molar-refractivity contribution in [1.29, 1.82) is 0 Å². The van der Waals surface area contributed by atoms with E-state index in [2.05, 4.69) is 12.2 Å². The predicted octanol–water partition coefficient (Wildman–Crippen LogP) is 3.48. The fourth-order valence-electron chi connectivity index (χ4n) is 3.53. The van der Waals surface area contributed by atoms with Crippen molar-refractivity contribution in [2.45, 2.75) is 45.4 Å². The summed E-state index contributed by atoms with van der Waals surface area (Å²) in [5.74, 6) is -0.510. The zero-order chi connectivity index (χ0) is 19.8. The summed E-state index contributed by atoms with van der Waals surface area (Å²) in [6, 6.07) is 6.82.